The first-order valence-electron chi connectivity index (χ1n) is 9.59. The van der Waals surface area contributed by atoms with Crippen molar-refractivity contribution in [2.24, 2.45) is 0 Å². The third-order valence-corrected chi connectivity index (χ3v) is 5.80. The van der Waals surface area contributed by atoms with Crippen LogP contribution in [-0.4, -0.2) is 39.4 Å². The van der Waals surface area contributed by atoms with Gasteiger partial charge >= 0.3 is 5.97 Å². The molecule has 1 aliphatic rings. The van der Waals surface area contributed by atoms with Crippen molar-refractivity contribution in [3.8, 4) is 17.2 Å². The van der Waals surface area contributed by atoms with Crippen LogP contribution in [0.3, 0.4) is 0 Å². The summed E-state index contributed by atoms with van der Waals surface area (Å²) in [6, 6.07) is 15.7. The summed E-state index contributed by atoms with van der Waals surface area (Å²) in [6.07, 6.45) is 0. The molecule has 0 aromatic heterocycles. The van der Waals surface area contributed by atoms with E-state index >= 15 is 0 Å². The van der Waals surface area contributed by atoms with Gasteiger partial charge in [0.05, 0.1) is 30.4 Å². The number of hydrogen-bond acceptors (Lipinski definition) is 6. The topological polar surface area (TPSA) is 68.2 Å². The van der Waals surface area contributed by atoms with Crippen LogP contribution in [0.5, 0.6) is 17.2 Å². The maximum absolute atomic E-state index is 12.9. The van der Waals surface area contributed by atoms with E-state index in [1.165, 1.54) is 13.2 Å². The number of anilines is 1. The highest BCUT2D eigenvalue weighted by Gasteiger charge is 2.51. The SMILES string of the molecule is COc1cc(C2(c3ccc(N(C)C)cc3OC)OC(=O)c3ccccc32)c(O)cc1Cl. The Kier molecular flexibility index (Phi) is 5.19. The Morgan fingerprint density at radius 1 is 0.935 bits per heavy atom. The van der Waals surface area contributed by atoms with E-state index in [0.29, 0.717) is 33.8 Å². The molecule has 1 N–H and O–H groups in total. The van der Waals surface area contributed by atoms with Gasteiger partial charge in [-0.25, -0.2) is 4.79 Å². The summed E-state index contributed by atoms with van der Waals surface area (Å²) >= 11 is 6.22. The molecule has 1 aliphatic heterocycles. The zero-order valence-corrected chi connectivity index (χ0v) is 18.4. The number of esters is 1. The molecule has 160 valence electrons. The summed E-state index contributed by atoms with van der Waals surface area (Å²) in [6.45, 7) is 0. The average Bonchev–Trinajstić information content (AvgIpc) is 3.06. The van der Waals surface area contributed by atoms with E-state index in [2.05, 4.69) is 0 Å². The predicted molar refractivity (Wildman–Crippen MR) is 119 cm³/mol. The van der Waals surface area contributed by atoms with E-state index in [9.17, 15) is 9.90 Å². The Hall–Kier alpha value is -3.38. The molecule has 0 aliphatic carbocycles. The molecule has 1 heterocycles. The molecule has 0 saturated carbocycles. The molecule has 31 heavy (non-hydrogen) atoms. The van der Waals surface area contributed by atoms with Crippen molar-refractivity contribution in [1.82, 2.24) is 0 Å². The van der Waals surface area contributed by atoms with Crippen LogP contribution in [0.15, 0.2) is 54.6 Å². The number of carbonyl (C=O) groups is 1. The highest BCUT2D eigenvalue weighted by atomic mass is 35.5. The zero-order chi connectivity index (χ0) is 22.3. The van der Waals surface area contributed by atoms with E-state index in [4.69, 9.17) is 25.8 Å². The molecule has 1 atom stereocenters. The van der Waals surface area contributed by atoms with E-state index in [0.717, 1.165) is 5.69 Å². The number of carbonyl (C=O) groups excluding carboxylic acids is 1. The van der Waals surface area contributed by atoms with Crippen LogP contribution in [-0.2, 0) is 10.3 Å². The van der Waals surface area contributed by atoms with Crippen molar-refractivity contribution < 1.29 is 24.1 Å². The largest absolute Gasteiger partial charge is 0.507 e. The number of phenols is 1. The number of phenolic OH excluding ortho intramolecular Hbond substituents is 1. The first-order valence-corrected chi connectivity index (χ1v) is 9.97. The molecular weight excluding hydrogens is 418 g/mol. The first-order chi connectivity index (χ1) is 14.8. The van der Waals surface area contributed by atoms with Crippen LogP contribution in [0.25, 0.3) is 0 Å². The van der Waals surface area contributed by atoms with Gasteiger partial charge in [0.2, 0.25) is 0 Å². The number of fused-ring (bicyclic) bond motifs is 1. The van der Waals surface area contributed by atoms with E-state index in [1.807, 2.05) is 43.3 Å². The van der Waals surface area contributed by atoms with Gasteiger partial charge in [-0.3, -0.25) is 0 Å². The van der Waals surface area contributed by atoms with Crippen molar-refractivity contribution in [2.75, 3.05) is 33.2 Å². The lowest BCUT2D eigenvalue weighted by molar-refractivity contribution is 0.0238. The number of benzene rings is 3. The average molecular weight is 440 g/mol. The minimum Gasteiger partial charge on any atom is -0.507 e. The Labute approximate surface area is 185 Å². The van der Waals surface area contributed by atoms with E-state index in [1.54, 1.807) is 31.4 Å². The predicted octanol–water partition coefficient (Wildman–Crippen LogP) is 4.59. The summed E-state index contributed by atoms with van der Waals surface area (Å²) < 4.78 is 17.2. The standard InChI is InChI=1S/C24H22ClNO5/c1-26(2)14-9-10-17(21(11-14)29-3)24(16-8-6-5-7-15(16)23(28)31-24)18-12-22(30-4)19(25)13-20(18)27/h5-13,27H,1-4H3. The fraction of sp³-hybridized carbons (Fsp3) is 0.208. The number of halogens is 1. The number of nitrogens with zero attached hydrogens (tertiary/aromatic N) is 1. The van der Waals surface area contributed by atoms with Crippen LogP contribution < -0.4 is 14.4 Å². The van der Waals surface area contributed by atoms with E-state index < -0.39 is 11.6 Å². The van der Waals surface area contributed by atoms with Crippen LogP contribution in [0.4, 0.5) is 5.69 Å². The summed E-state index contributed by atoms with van der Waals surface area (Å²) in [5.74, 6) is 0.221. The molecule has 0 spiro atoms. The minimum absolute atomic E-state index is 0.131. The lowest BCUT2D eigenvalue weighted by Crippen LogP contribution is -2.30. The first kappa shape index (κ1) is 20.9. The highest BCUT2D eigenvalue weighted by molar-refractivity contribution is 6.32. The smallest absolute Gasteiger partial charge is 0.340 e. The summed E-state index contributed by atoms with van der Waals surface area (Å²) in [7, 11) is 6.88. The second kappa shape index (κ2) is 7.71. The van der Waals surface area contributed by atoms with Crippen LogP contribution in [0.2, 0.25) is 5.02 Å². The van der Waals surface area contributed by atoms with Gasteiger partial charge < -0.3 is 24.2 Å². The molecule has 0 fully saturated rings. The fourth-order valence-corrected chi connectivity index (χ4v) is 4.23. The number of rotatable bonds is 5. The quantitative estimate of drug-likeness (QED) is 0.586. The van der Waals surface area contributed by atoms with Gasteiger partial charge in [0.1, 0.15) is 17.2 Å². The Morgan fingerprint density at radius 3 is 2.32 bits per heavy atom. The number of aromatic hydroxyl groups is 1. The second-order valence-electron chi connectivity index (χ2n) is 7.40. The zero-order valence-electron chi connectivity index (χ0n) is 17.6. The molecule has 0 radical (unpaired) electrons. The molecule has 0 amide bonds. The fourth-order valence-electron chi connectivity index (χ4n) is 3.99. The minimum atomic E-state index is -1.45. The molecule has 0 bridgehead atoms. The molecular formula is C24H22ClNO5. The molecule has 6 nitrogen and oxygen atoms in total. The van der Waals surface area contributed by atoms with Crippen molar-refractivity contribution >= 4 is 23.3 Å². The third kappa shape index (κ3) is 3.15. The Morgan fingerprint density at radius 2 is 1.65 bits per heavy atom. The molecule has 4 rings (SSSR count). The summed E-state index contributed by atoms with van der Waals surface area (Å²) in [5, 5.41) is 11.2. The summed E-state index contributed by atoms with van der Waals surface area (Å²) in [4.78, 5) is 14.9. The number of ether oxygens (including phenoxy) is 3. The van der Waals surface area contributed by atoms with Crippen molar-refractivity contribution in [3.05, 3.63) is 81.9 Å². The number of hydrogen-bond donors (Lipinski definition) is 1. The molecule has 1 unspecified atom stereocenters. The molecule has 0 saturated heterocycles. The molecule has 3 aromatic carbocycles. The Bertz CT molecular complexity index is 1180. The van der Waals surface area contributed by atoms with Crippen LogP contribution in [0.1, 0.15) is 27.0 Å². The Balaban J connectivity index is 2.11. The van der Waals surface area contributed by atoms with Gasteiger partial charge in [-0.2, -0.15) is 0 Å². The molecule has 3 aromatic rings. The molecule has 7 heteroatoms. The number of methoxy groups -OCH3 is 2. The third-order valence-electron chi connectivity index (χ3n) is 5.50. The van der Waals surface area contributed by atoms with Gasteiger partial charge in [0, 0.05) is 43.0 Å². The lowest BCUT2D eigenvalue weighted by atomic mass is 9.78. The van der Waals surface area contributed by atoms with Gasteiger partial charge in [0.25, 0.3) is 0 Å². The second-order valence-corrected chi connectivity index (χ2v) is 7.81. The van der Waals surface area contributed by atoms with Crippen molar-refractivity contribution in [1.29, 1.82) is 0 Å². The summed E-state index contributed by atoms with van der Waals surface area (Å²) in [5.41, 5.74) is 1.35. The highest BCUT2D eigenvalue weighted by Crippen LogP contribution is 2.53. The van der Waals surface area contributed by atoms with Crippen LogP contribution >= 0.6 is 11.6 Å². The van der Waals surface area contributed by atoms with Gasteiger partial charge in [0.15, 0.2) is 5.60 Å². The van der Waals surface area contributed by atoms with Gasteiger partial charge in [-0.05, 0) is 24.3 Å². The van der Waals surface area contributed by atoms with Crippen molar-refractivity contribution in [3.63, 3.8) is 0 Å². The number of cyclic esters (lactones) is 1. The monoisotopic (exact) mass is 439 g/mol. The van der Waals surface area contributed by atoms with Crippen LogP contribution in [0, 0.1) is 0 Å². The normalized spacial score (nSPS) is 17.1. The van der Waals surface area contributed by atoms with Gasteiger partial charge in [-0.15, -0.1) is 0 Å². The van der Waals surface area contributed by atoms with E-state index in [-0.39, 0.29) is 10.8 Å². The maximum atomic E-state index is 12.9. The van der Waals surface area contributed by atoms with Crippen molar-refractivity contribution in [2.45, 2.75) is 5.60 Å². The lowest BCUT2D eigenvalue weighted by Gasteiger charge is -2.32. The maximum Gasteiger partial charge on any atom is 0.340 e. The van der Waals surface area contributed by atoms with Gasteiger partial charge in [-0.1, -0.05) is 29.8 Å².